The lowest BCUT2D eigenvalue weighted by Crippen LogP contribution is -2.10. The van der Waals surface area contributed by atoms with E-state index in [1.165, 1.54) is 22.8 Å². The third kappa shape index (κ3) is 7.48. The number of benzene rings is 3. The van der Waals surface area contributed by atoms with Gasteiger partial charge in [-0.1, -0.05) is 75.0 Å². The Kier molecular flexibility index (Phi) is 9.69. The third-order valence-corrected chi connectivity index (χ3v) is 7.04. The SMILES string of the molecule is C=CC(=O)OC(C)c1ccc2c(c1)CC=C(c1ccc(C(=O)Oc3ccc(C(CCC)OC(=O)C=C)cc3)cc1)C2. The van der Waals surface area contributed by atoms with E-state index in [1.807, 2.05) is 32.0 Å². The van der Waals surface area contributed by atoms with Crippen molar-refractivity contribution in [3.63, 3.8) is 0 Å². The number of hydrogen-bond donors (Lipinski definition) is 0. The van der Waals surface area contributed by atoms with E-state index in [1.54, 1.807) is 36.4 Å². The minimum absolute atomic E-state index is 0.346. The Morgan fingerprint density at radius 1 is 0.854 bits per heavy atom. The van der Waals surface area contributed by atoms with Gasteiger partial charge in [0.25, 0.3) is 0 Å². The molecule has 0 aliphatic heterocycles. The zero-order chi connectivity index (χ0) is 29.4. The average molecular weight is 551 g/mol. The molecule has 0 spiro atoms. The van der Waals surface area contributed by atoms with E-state index >= 15 is 0 Å². The summed E-state index contributed by atoms with van der Waals surface area (Å²) in [6.07, 6.45) is 6.86. The number of carbonyl (C=O) groups excluding carboxylic acids is 3. The first-order valence-corrected chi connectivity index (χ1v) is 13.7. The molecule has 2 unspecified atom stereocenters. The Labute approximate surface area is 241 Å². The number of fused-ring (bicyclic) bond motifs is 1. The fourth-order valence-corrected chi connectivity index (χ4v) is 4.76. The number of hydrogen-bond acceptors (Lipinski definition) is 6. The molecule has 2 atom stereocenters. The van der Waals surface area contributed by atoms with Crippen LogP contribution in [0.2, 0.25) is 0 Å². The molecule has 0 aromatic heterocycles. The smallest absolute Gasteiger partial charge is 0.343 e. The first kappa shape index (κ1) is 29.3. The summed E-state index contributed by atoms with van der Waals surface area (Å²) < 4.78 is 16.4. The van der Waals surface area contributed by atoms with Crippen molar-refractivity contribution in [2.45, 2.75) is 51.7 Å². The molecule has 1 aliphatic rings. The number of rotatable bonds is 11. The molecule has 0 heterocycles. The predicted molar refractivity (Wildman–Crippen MR) is 158 cm³/mol. The van der Waals surface area contributed by atoms with Crippen molar-refractivity contribution in [2.24, 2.45) is 0 Å². The Balaban J connectivity index is 1.38. The highest BCUT2D eigenvalue weighted by Crippen LogP contribution is 2.31. The van der Waals surface area contributed by atoms with Crippen LogP contribution in [0.3, 0.4) is 0 Å². The highest BCUT2D eigenvalue weighted by Gasteiger charge is 2.18. The monoisotopic (exact) mass is 550 g/mol. The molecule has 4 rings (SSSR count). The summed E-state index contributed by atoms with van der Waals surface area (Å²) in [7, 11) is 0. The normalized spacial score (nSPS) is 13.6. The van der Waals surface area contributed by atoms with Gasteiger partial charge in [-0.3, -0.25) is 0 Å². The van der Waals surface area contributed by atoms with Crippen LogP contribution in [0, 0.1) is 0 Å². The molecule has 0 bridgehead atoms. The van der Waals surface area contributed by atoms with Gasteiger partial charge in [0.1, 0.15) is 18.0 Å². The van der Waals surface area contributed by atoms with Gasteiger partial charge in [0, 0.05) is 12.2 Å². The van der Waals surface area contributed by atoms with E-state index < -0.39 is 17.9 Å². The van der Waals surface area contributed by atoms with E-state index in [2.05, 4.69) is 31.4 Å². The maximum absolute atomic E-state index is 12.8. The molecule has 1 aliphatic carbocycles. The largest absolute Gasteiger partial charge is 0.455 e. The lowest BCUT2D eigenvalue weighted by atomic mass is 9.86. The molecule has 41 heavy (non-hydrogen) atoms. The van der Waals surface area contributed by atoms with Crippen LogP contribution < -0.4 is 4.74 Å². The summed E-state index contributed by atoms with van der Waals surface area (Å²) in [6, 6.07) is 20.6. The highest BCUT2D eigenvalue weighted by atomic mass is 16.5. The molecule has 210 valence electrons. The van der Waals surface area contributed by atoms with Crippen molar-refractivity contribution in [3.05, 3.63) is 131 Å². The predicted octanol–water partition coefficient (Wildman–Crippen LogP) is 7.45. The van der Waals surface area contributed by atoms with Crippen LogP contribution >= 0.6 is 0 Å². The molecule has 0 saturated heterocycles. The van der Waals surface area contributed by atoms with Gasteiger partial charge < -0.3 is 14.2 Å². The van der Waals surface area contributed by atoms with Gasteiger partial charge in [-0.2, -0.15) is 0 Å². The van der Waals surface area contributed by atoms with Crippen LogP contribution in [0.15, 0.2) is 98.1 Å². The van der Waals surface area contributed by atoms with Gasteiger partial charge in [0.15, 0.2) is 0 Å². The van der Waals surface area contributed by atoms with E-state index in [0.717, 1.165) is 42.0 Å². The molecule has 3 aromatic carbocycles. The molecular formula is C35H34O6. The van der Waals surface area contributed by atoms with Crippen molar-refractivity contribution in [1.29, 1.82) is 0 Å². The summed E-state index contributed by atoms with van der Waals surface area (Å²) in [5, 5.41) is 0. The van der Waals surface area contributed by atoms with Gasteiger partial charge in [0.05, 0.1) is 5.56 Å². The average Bonchev–Trinajstić information content (AvgIpc) is 3.00. The van der Waals surface area contributed by atoms with Gasteiger partial charge in [-0.15, -0.1) is 0 Å². The van der Waals surface area contributed by atoms with E-state index in [-0.39, 0.29) is 12.2 Å². The van der Waals surface area contributed by atoms with E-state index in [4.69, 9.17) is 14.2 Å². The second-order valence-electron chi connectivity index (χ2n) is 9.88. The molecule has 6 heteroatoms. The molecule has 0 fully saturated rings. The molecule has 6 nitrogen and oxygen atoms in total. The molecule has 3 aromatic rings. The zero-order valence-electron chi connectivity index (χ0n) is 23.4. The van der Waals surface area contributed by atoms with Crippen molar-refractivity contribution < 1.29 is 28.6 Å². The van der Waals surface area contributed by atoms with Crippen LogP contribution in [-0.2, 0) is 31.9 Å². The summed E-state index contributed by atoms with van der Waals surface area (Å²) in [6.45, 7) is 10.8. The maximum Gasteiger partial charge on any atom is 0.343 e. The Morgan fingerprint density at radius 2 is 1.51 bits per heavy atom. The van der Waals surface area contributed by atoms with Gasteiger partial charge in [-0.25, -0.2) is 14.4 Å². The van der Waals surface area contributed by atoms with Crippen LogP contribution in [0.1, 0.15) is 77.1 Å². The minimum Gasteiger partial charge on any atom is -0.455 e. The lowest BCUT2D eigenvalue weighted by Gasteiger charge is -2.20. The molecular weight excluding hydrogens is 516 g/mol. The van der Waals surface area contributed by atoms with Gasteiger partial charge in [0.2, 0.25) is 0 Å². The Hall–Kier alpha value is -4.71. The van der Waals surface area contributed by atoms with Gasteiger partial charge in [-0.05, 0) is 83.8 Å². The first-order valence-electron chi connectivity index (χ1n) is 13.7. The second kappa shape index (κ2) is 13.6. The van der Waals surface area contributed by atoms with E-state index in [0.29, 0.717) is 17.7 Å². The fourth-order valence-electron chi connectivity index (χ4n) is 4.76. The number of carbonyl (C=O) groups is 3. The summed E-state index contributed by atoms with van der Waals surface area (Å²) >= 11 is 0. The summed E-state index contributed by atoms with van der Waals surface area (Å²) in [5.74, 6) is -0.947. The number of allylic oxidation sites excluding steroid dienone is 2. The second-order valence-corrected chi connectivity index (χ2v) is 9.88. The van der Waals surface area contributed by atoms with Crippen LogP contribution in [-0.4, -0.2) is 17.9 Å². The van der Waals surface area contributed by atoms with Gasteiger partial charge >= 0.3 is 17.9 Å². The highest BCUT2D eigenvalue weighted by molar-refractivity contribution is 5.91. The Morgan fingerprint density at radius 3 is 2.17 bits per heavy atom. The van der Waals surface area contributed by atoms with Crippen molar-refractivity contribution in [3.8, 4) is 5.75 Å². The quantitative estimate of drug-likeness (QED) is 0.140. The topological polar surface area (TPSA) is 78.9 Å². The third-order valence-electron chi connectivity index (χ3n) is 7.04. The van der Waals surface area contributed by atoms with Crippen LogP contribution in [0.25, 0.3) is 5.57 Å². The van der Waals surface area contributed by atoms with E-state index in [9.17, 15) is 14.4 Å². The van der Waals surface area contributed by atoms with Crippen molar-refractivity contribution >= 4 is 23.5 Å². The lowest BCUT2D eigenvalue weighted by molar-refractivity contribution is -0.144. The maximum atomic E-state index is 12.8. The van der Waals surface area contributed by atoms with Crippen molar-refractivity contribution in [2.75, 3.05) is 0 Å². The first-order chi connectivity index (χ1) is 19.8. The molecule has 0 radical (unpaired) electrons. The zero-order valence-corrected chi connectivity index (χ0v) is 23.4. The summed E-state index contributed by atoms with van der Waals surface area (Å²) in [5.41, 5.74) is 6.89. The molecule has 0 amide bonds. The Bertz CT molecular complexity index is 1460. The molecule has 0 N–H and O–H groups in total. The van der Waals surface area contributed by atoms with Crippen LogP contribution in [0.4, 0.5) is 0 Å². The van der Waals surface area contributed by atoms with Crippen molar-refractivity contribution in [1.82, 2.24) is 0 Å². The van der Waals surface area contributed by atoms with Crippen LogP contribution in [0.5, 0.6) is 5.75 Å². The number of ether oxygens (including phenoxy) is 3. The minimum atomic E-state index is -0.469. The summed E-state index contributed by atoms with van der Waals surface area (Å²) in [4.78, 5) is 36.0. The fraction of sp³-hybridized carbons (Fsp3) is 0.229. The number of esters is 3. The standard InChI is InChI=1S/C35H34O6/c1-5-8-32(41-34(37)7-3)25-17-19-31(20-18-25)40-35(38)26-11-9-24(10-12-26)28-15-16-29-21-27(13-14-30(29)22-28)23(4)39-33(36)6-2/h6-7,9-15,17-21,23,32H,2-3,5,8,16,22H2,1,4H3. The molecule has 0 saturated carbocycles.